The molecular weight excluding hydrogens is 226 g/mol. The van der Waals surface area contributed by atoms with Crippen LogP contribution in [0.25, 0.3) is 0 Å². The summed E-state index contributed by atoms with van der Waals surface area (Å²) in [4.78, 5) is 0. The van der Waals surface area contributed by atoms with Crippen LogP contribution in [0.3, 0.4) is 0 Å². The maximum atomic E-state index is 3.80. The zero-order chi connectivity index (χ0) is 13.1. The van der Waals surface area contributed by atoms with Gasteiger partial charge in [-0.15, -0.1) is 0 Å². The SMILES string of the molecule is CCCNC1C(SC(C)C(C)C)CCC1(C)C. The molecule has 3 unspecified atom stereocenters. The van der Waals surface area contributed by atoms with Crippen molar-refractivity contribution >= 4 is 11.8 Å². The molecule has 0 aliphatic heterocycles. The van der Waals surface area contributed by atoms with Crippen LogP contribution in [-0.4, -0.2) is 23.1 Å². The Labute approximate surface area is 113 Å². The molecule has 1 fully saturated rings. The molecule has 1 nitrogen and oxygen atoms in total. The van der Waals surface area contributed by atoms with Crippen molar-refractivity contribution in [2.24, 2.45) is 11.3 Å². The minimum absolute atomic E-state index is 0.476. The second-order valence-corrected chi connectivity index (χ2v) is 8.20. The van der Waals surface area contributed by atoms with Gasteiger partial charge in [-0.25, -0.2) is 0 Å². The van der Waals surface area contributed by atoms with E-state index >= 15 is 0 Å². The van der Waals surface area contributed by atoms with Crippen molar-refractivity contribution < 1.29 is 0 Å². The van der Waals surface area contributed by atoms with E-state index in [4.69, 9.17) is 0 Å². The molecule has 1 aliphatic rings. The molecule has 0 saturated heterocycles. The molecule has 1 saturated carbocycles. The second kappa shape index (κ2) is 6.47. The Morgan fingerprint density at radius 2 is 1.94 bits per heavy atom. The van der Waals surface area contributed by atoms with E-state index in [1.54, 1.807) is 0 Å². The van der Waals surface area contributed by atoms with Gasteiger partial charge in [0, 0.05) is 16.5 Å². The normalized spacial score (nSPS) is 29.8. The monoisotopic (exact) mass is 257 g/mol. The first-order valence-electron chi connectivity index (χ1n) is 7.27. The fourth-order valence-corrected chi connectivity index (χ4v) is 4.37. The lowest BCUT2D eigenvalue weighted by atomic mass is 9.87. The van der Waals surface area contributed by atoms with Crippen molar-refractivity contribution in [2.45, 2.75) is 77.3 Å². The van der Waals surface area contributed by atoms with Crippen LogP contribution in [0.15, 0.2) is 0 Å². The van der Waals surface area contributed by atoms with Gasteiger partial charge in [0.2, 0.25) is 0 Å². The summed E-state index contributed by atoms with van der Waals surface area (Å²) in [5, 5.41) is 5.39. The van der Waals surface area contributed by atoms with Crippen LogP contribution in [-0.2, 0) is 0 Å². The Morgan fingerprint density at radius 3 is 2.47 bits per heavy atom. The Balaban J connectivity index is 2.58. The highest BCUT2D eigenvalue weighted by Crippen LogP contribution is 2.44. The highest BCUT2D eigenvalue weighted by Gasteiger charge is 2.42. The van der Waals surface area contributed by atoms with Crippen molar-refractivity contribution in [3.8, 4) is 0 Å². The molecule has 1 rings (SSSR count). The van der Waals surface area contributed by atoms with Crippen LogP contribution >= 0.6 is 11.8 Å². The number of nitrogens with one attached hydrogen (secondary N) is 1. The Morgan fingerprint density at radius 1 is 1.29 bits per heavy atom. The van der Waals surface area contributed by atoms with Crippen molar-refractivity contribution in [1.82, 2.24) is 5.32 Å². The lowest BCUT2D eigenvalue weighted by Crippen LogP contribution is -2.44. The molecular formula is C15H31NS. The van der Waals surface area contributed by atoms with E-state index in [-0.39, 0.29) is 0 Å². The predicted octanol–water partition coefficient (Wildman–Crippen LogP) is 4.32. The molecule has 0 aromatic carbocycles. The molecule has 102 valence electrons. The van der Waals surface area contributed by atoms with Crippen LogP contribution in [0, 0.1) is 11.3 Å². The number of hydrogen-bond donors (Lipinski definition) is 1. The lowest BCUT2D eigenvalue weighted by molar-refractivity contribution is 0.287. The van der Waals surface area contributed by atoms with E-state index in [0.717, 1.165) is 16.4 Å². The molecule has 0 radical (unpaired) electrons. The van der Waals surface area contributed by atoms with E-state index < -0.39 is 0 Å². The van der Waals surface area contributed by atoms with E-state index in [1.807, 2.05) is 0 Å². The first-order valence-corrected chi connectivity index (χ1v) is 8.21. The summed E-state index contributed by atoms with van der Waals surface area (Å²) in [5.41, 5.74) is 0.476. The zero-order valence-electron chi connectivity index (χ0n) is 12.5. The average molecular weight is 257 g/mol. The van der Waals surface area contributed by atoms with Crippen LogP contribution in [0.2, 0.25) is 0 Å². The van der Waals surface area contributed by atoms with Gasteiger partial charge >= 0.3 is 0 Å². The minimum Gasteiger partial charge on any atom is -0.312 e. The predicted molar refractivity (Wildman–Crippen MR) is 80.8 cm³/mol. The quantitative estimate of drug-likeness (QED) is 0.760. The molecule has 0 amide bonds. The molecule has 0 spiro atoms. The summed E-state index contributed by atoms with van der Waals surface area (Å²) >= 11 is 2.21. The van der Waals surface area contributed by atoms with E-state index in [1.165, 1.54) is 25.8 Å². The smallest absolute Gasteiger partial charge is 0.0237 e. The lowest BCUT2D eigenvalue weighted by Gasteiger charge is -2.33. The number of thioether (sulfide) groups is 1. The molecule has 1 aliphatic carbocycles. The zero-order valence-corrected chi connectivity index (χ0v) is 13.4. The molecule has 0 heterocycles. The maximum absolute atomic E-state index is 3.80. The van der Waals surface area contributed by atoms with Crippen LogP contribution < -0.4 is 5.32 Å². The first kappa shape index (κ1) is 15.4. The molecule has 0 aromatic rings. The van der Waals surface area contributed by atoms with Gasteiger partial charge in [0.1, 0.15) is 0 Å². The summed E-state index contributed by atoms with van der Waals surface area (Å²) in [6.07, 6.45) is 4.00. The van der Waals surface area contributed by atoms with Gasteiger partial charge < -0.3 is 5.32 Å². The maximum Gasteiger partial charge on any atom is 0.0237 e. The van der Waals surface area contributed by atoms with Gasteiger partial charge in [0.15, 0.2) is 0 Å². The fraction of sp³-hybridized carbons (Fsp3) is 1.00. The summed E-state index contributed by atoms with van der Waals surface area (Å²) in [7, 11) is 0. The van der Waals surface area contributed by atoms with Crippen molar-refractivity contribution in [3.63, 3.8) is 0 Å². The average Bonchev–Trinajstić information content (AvgIpc) is 2.51. The van der Waals surface area contributed by atoms with Gasteiger partial charge in [-0.3, -0.25) is 0 Å². The third-order valence-corrected chi connectivity index (χ3v) is 6.06. The number of rotatable bonds is 6. The van der Waals surface area contributed by atoms with Crippen LogP contribution in [0.5, 0.6) is 0 Å². The van der Waals surface area contributed by atoms with Crippen LogP contribution in [0.4, 0.5) is 0 Å². The van der Waals surface area contributed by atoms with Gasteiger partial charge in [0.25, 0.3) is 0 Å². The molecule has 3 atom stereocenters. The molecule has 2 heteroatoms. The molecule has 17 heavy (non-hydrogen) atoms. The van der Waals surface area contributed by atoms with Gasteiger partial charge in [-0.05, 0) is 37.1 Å². The van der Waals surface area contributed by atoms with Crippen molar-refractivity contribution in [2.75, 3.05) is 6.54 Å². The topological polar surface area (TPSA) is 12.0 Å². The third kappa shape index (κ3) is 4.17. The second-order valence-electron chi connectivity index (χ2n) is 6.58. The Bertz CT molecular complexity index is 225. The van der Waals surface area contributed by atoms with E-state index in [9.17, 15) is 0 Å². The van der Waals surface area contributed by atoms with Gasteiger partial charge in [0.05, 0.1) is 0 Å². The summed E-state index contributed by atoms with van der Waals surface area (Å²) < 4.78 is 0. The largest absolute Gasteiger partial charge is 0.312 e. The minimum atomic E-state index is 0.476. The summed E-state index contributed by atoms with van der Waals surface area (Å²) in [6.45, 7) is 15.4. The van der Waals surface area contributed by atoms with Gasteiger partial charge in [-0.2, -0.15) is 11.8 Å². The van der Waals surface area contributed by atoms with E-state index in [2.05, 4.69) is 58.6 Å². The first-order chi connectivity index (χ1) is 7.88. The number of hydrogen-bond acceptors (Lipinski definition) is 2. The van der Waals surface area contributed by atoms with Gasteiger partial charge in [-0.1, -0.05) is 41.5 Å². The molecule has 0 aromatic heterocycles. The highest BCUT2D eigenvalue weighted by molar-refractivity contribution is 8.00. The van der Waals surface area contributed by atoms with E-state index in [0.29, 0.717) is 11.5 Å². The van der Waals surface area contributed by atoms with Crippen LogP contribution in [0.1, 0.15) is 60.8 Å². The Hall–Kier alpha value is 0.310. The summed E-state index contributed by atoms with van der Waals surface area (Å²) in [6, 6.07) is 0.702. The van der Waals surface area contributed by atoms with Crippen molar-refractivity contribution in [1.29, 1.82) is 0 Å². The molecule has 0 bridgehead atoms. The van der Waals surface area contributed by atoms with Crippen molar-refractivity contribution in [3.05, 3.63) is 0 Å². The Kier molecular flexibility index (Phi) is 5.85. The standard InChI is InChI=1S/C15H31NS/c1-7-10-16-14-13(8-9-15(14,5)6)17-12(4)11(2)3/h11-14,16H,7-10H2,1-6H3. The third-order valence-electron chi connectivity index (χ3n) is 4.23. The summed E-state index contributed by atoms with van der Waals surface area (Å²) in [5.74, 6) is 0.788. The fourth-order valence-electron chi connectivity index (χ4n) is 2.63. The highest BCUT2D eigenvalue weighted by atomic mass is 32.2. The molecule has 1 N–H and O–H groups in total.